The summed E-state index contributed by atoms with van der Waals surface area (Å²) in [6.45, 7) is 6.44. The van der Waals surface area contributed by atoms with Crippen LogP contribution in [0, 0.1) is 5.92 Å². The molecule has 2 atom stereocenters. The maximum Gasteiger partial charge on any atom is 0.306 e. The summed E-state index contributed by atoms with van der Waals surface area (Å²) in [5, 5.41) is 1.01. The van der Waals surface area contributed by atoms with Gasteiger partial charge in [-0.2, -0.15) is 0 Å². The number of amides is 2. The summed E-state index contributed by atoms with van der Waals surface area (Å²) in [6.07, 6.45) is 4.44. The number of ether oxygens (including phenoxy) is 1. The van der Waals surface area contributed by atoms with Crippen LogP contribution in [-0.2, 0) is 19.7 Å². The molecule has 3 aromatic carbocycles. The van der Waals surface area contributed by atoms with E-state index in [-0.39, 0.29) is 29.6 Å². The van der Waals surface area contributed by atoms with Gasteiger partial charge < -0.3 is 19.4 Å². The molecule has 0 aliphatic carbocycles. The van der Waals surface area contributed by atoms with Crippen LogP contribution in [0.3, 0.4) is 0 Å². The number of likely N-dealkylation sites (N-methyl/N-ethyl adjacent to an activating group) is 1. The fraction of sp³-hybridized carbons (Fsp3) is 0.462. The summed E-state index contributed by atoms with van der Waals surface area (Å²) in [5.41, 5.74) is 2.17. The fourth-order valence-corrected chi connectivity index (χ4v) is 7.71. The Kier molecular flexibility index (Phi) is 12.6. The zero-order chi connectivity index (χ0) is 34.1. The highest BCUT2D eigenvalue weighted by Crippen LogP contribution is 2.39. The van der Waals surface area contributed by atoms with Crippen molar-refractivity contribution in [3.05, 3.63) is 106 Å². The third-order valence-corrected chi connectivity index (χ3v) is 10.8. The minimum absolute atomic E-state index is 0.0213. The Morgan fingerprint density at radius 3 is 2.29 bits per heavy atom. The molecule has 256 valence electrons. The van der Waals surface area contributed by atoms with Gasteiger partial charge in [0.2, 0.25) is 5.91 Å². The smallest absolute Gasteiger partial charge is 0.306 e. The Bertz CT molecular complexity index is 1530. The molecule has 48 heavy (non-hydrogen) atoms. The van der Waals surface area contributed by atoms with Crippen molar-refractivity contribution in [2.75, 3.05) is 52.9 Å². The van der Waals surface area contributed by atoms with Crippen molar-refractivity contribution >= 4 is 41.0 Å². The number of halogens is 2. The average Bonchev–Trinajstić information content (AvgIpc) is 3.11. The number of likely N-dealkylation sites (tertiary alicyclic amines) is 2. The molecule has 2 aliphatic heterocycles. The molecule has 2 aliphatic rings. The summed E-state index contributed by atoms with van der Waals surface area (Å²) in [6, 6.07) is 25.3. The van der Waals surface area contributed by atoms with E-state index in [0.29, 0.717) is 41.7 Å². The van der Waals surface area contributed by atoms with Gasteiger partial charge in [0.05, 0.1) is 28.5 Å². The second kappa shape index (κ2) is 16.8. The number of nitrogens with zero attached hydrogens (tertiary/aromatic N) is 3. The summed E-state index contributed by atoms with van der Waals surface area (Å²) < 4.78 is 5.21. The fourth-order valence-electron chi connectivity index (χ4n) is 7.40. The van der Waals surface area contributed by atoms with Crippen LogP contribution in [0.15, 0.2) is 78.9 Å². The number of carbonyl (C=O) groups excluding carboxylic acids is 3. The van der Waals surface area contributed by atoms with Crippen molar-refractivity contribution in [1.82, 2.24) is 14.7 Å². The molecule has 0 spiro atoms. The molecule has 2 fully saturated rings. The first-order valence-electron chi connectivity index (χ1n) is 17.2. The lowest BCUT2D eigenvalue weighted by Gasteiger charge is -2.45. The third-order valence-electron chi connectivity index (χ3n) is 10.1. The first-order chi connectivity index (χ1) is 23.2. The van der Waals surface area contributed by atoms with Crippen LogP contribution in [0.25, 0.3) is 0 Å². The van der Waals surface area contributed by atoms with Crippen LogP contribution >= 0.6 is 23.2 Å². The van der Waals surface area contributed by atoms with Gasteiger partial charge in [-0.1, -0.05) is 77.8 Å². The van der Waals surface area contributed by atoms with Crippen LogP contribution in [0.2, 0.25) is 10.0 Å². The number of esters is 1. The van der Waals surface area contributed by atoms with Crippen LogP contribution in [-0.4, -0.2) is 85.4 Å². The van der Waals surface area contributed by atoms with E-state index in [1.165, 1.54) is 0 Å². The zero-order valence-corrected chi connectivity index (χ0v) is 29.6. The van der Waals surface area contributed by atoms with Gasteiger partial charge >= 0.3 is 5.97 Å². The minimum atomic E-state index is -0.602. The van der Waals surface area contributed by atoms with E-state index < -0.39 is 5.41 Å². The molecule has 0 aromatic heterocycles. The first kappa shape index (κ1) is 35.9. The van der Waals surface area contributed by atoms with Crippen molar-refractivity contribution in [3.8, 4) is 0 Å². The topological polar surface area (TPSA) is 70.2 Å². The second-order valence-electron chi connectivity index (χ2n) is 13.3. The van der Waals surface area contributed by atoms with Gasteiger partial charge in [-0.3, -0.25) is 14.4 Å². The maximum atomic E-state index is 14.5. The van der Waals surface area contributed by atoms with Gasteiger partial charge in [-0.25, -0.2) is 0 Å². The molecule has 2 amide bonds. The summed E-state index contributed by atoms with van der Waals surface area (Å²) in [7, 11) is 1.85. The van der Waals surface area contributed by atoms with Gasteiger partial charge in [0.1, 0.15) is 0 Å². The van der Waals surface area contributed by atoms with E-state index in [2.05, 4.69) is 17.0 Å². The van der Waals surface area contributed by atoms with E-state index in [9.17, 15) is 14.4 Å². The van der Waals surface area contributed by atoms with Crippen LogP contribution in [0.4, 0.5) is 0 Å². The van der Waals surface area contributed by atoms with Gasteiger partial charge in [0.15, 0.2) is 0 Å². The molecule has 2 unspecified atom stereocenters. The van der Waals surface area contributed by atoms with Gasteiger partial charge in [0, 0.05) is 38.2 Å². The van der Waals surface area contributed by atoms with Crippen molar-refractivity contribution in [1.29, 1.82) is 0 Å². The van der Waals surface area contributed by atoms with E-state index in [4.69, 9.17) is 27.9 Å². The van der Waals surface area contributed by atoms with Crippen molar-refractivity contribution in [3.63, 3.8) is 0 Å². The number of benzene rings is 3. The maximum absolute atomic E-state index is 14.5. The Morgan fingerprint density at radius 2 is 1.62 bits per heavy atom. The van der Waals surface area contributed by atoms with E-state index in [1.54, 1.807) is 4.90 Å². The Labute approximate surface area is 295 Å². The largest absolute Gasteiger partial charge is 0.466 e. The third kappa shape index (κ3) is 8.79. The van der Waals surface area contributed by atoms with E-state index in [1.807, 2.05) is 85.6 Å². The minimum Gasteiger partial charge on any atom is -0.466 e. The zero-order valence-electron chi connectivity index (χ0n) is 28.1. The molecular formula is C39H47Cl2N3O4. The molecule has 0 saturated carbocycles. The molecule has 7 nitrogen and oxygen atoms in total. The SMILES string of the molecule is CCOC(=O)CC1CCCN(C(=O)C2(c3ccccc3)CCN(CCC(CN(C)C(=O)c3ccccc3)c3ccc(Cl)c(Cl)c3)CC2)C1. The van der Waals surface area contributed by atoms with Crippen molar-refractivity contribution in [2.45, 2.75) is 56.8 Å². The van der Waals surface area contributed by atoms with Gasteiger partial charge in [0.25, 0.3) is 5.91 Å². The highest BCUT2D eigenvalue weighted by atomic mass is 35.5. The molecule has 2 heterocycles. The average molecular weight is 693 g/mol. The van der Waals surface area contributed by atoms with E-state index in [0.717, 1.165) is 69.4 Å². The lowest BCUT2D eigenvalue weighted by Crippen LogP contribution is -2.55. The number of rotatable bonds is 12. The molecule has 5 rings (SSSR count). The molecule has 9 heteroatoms. The standard InChI is InChI=1S/C39H47Cl2N3O4/c1-3-48-36(45)25-29-11-10-21-44(27-29)38(47)39(33-14-8-5-9-15-33)19-23-43(24-20-39)22-18-32(31-16-17-34(40)35(41)26-31)28-42(2)37(46)30-12-6-4-7-13-30/h4-9,12-17,26,29,32H,3,10-11,18-25,27-28H2,1-2H3. The predicted octanol–water partition coefficient (Wildman–Crippen LogP) is 7.46. The molecule has 0 bridgehead atoms. The van der Waals surface area contributed by atoms with Crippen molar-refractivity contribution in [2.24, 2.45) is 5.92 Å². The molecular weight excluding hydrogens is 645 g/mol. The number of hydrogen-bond donors (Lipinski definition) is 0. The quantitative estimate of drug-likeness (QED) is 0.184. The Morgan fingerprint density at radius 1 is 0.938 bits per heavy atom. The second-order valence-corrected chi connectivity index (χ2v) is 14.1. The van der Waals surface area contributed by atoms with E-state index >= 15 is 0 Å². The normalized spacial score (nSPS) is 18.6. The lowest BCUT2D eigenvalue weighted by molar-refractivity contribution is -0.147. The summed E-state index contributed by atoms with van der Waals surface area (Å²) in [5.74, 6) is 0.144. The van der Waals surface area contributed by atoms with Crippen LogP contribution in [0.1, 0.15) is 72.9 Å². The van der Waals surface area contributed by atoms with Crippen LogP contribution < -0.4 is 0 Å². The highest BCUT2D eigenvalue weighted by Gasteiger charge is 2.46. The molecule has 0 radical (unpaired) electrons. The molecule has 0 N–H and O–H groups in total. The van der Waals surface area contributed by atoms with Gasteiger partial charge in [-0.05, 0) is 100.0 Å². The van der Waals surface area contributed by atoms with Crippen molar-refractivity contribution < 1.29 is 19.1 Å². The first-order valence-corrected chi connectivity index (χ1v) is 17.9. The highest BCUT2D eigenvalue weighted by molar-refractivity contribution is 6.42. The number of carbonyl (C=O) groups is 3. The monoisotopic (exact) mass is 691 g/mol. The summed E-state index contributed by atoms with van der Waals surface area (Å²) >= 11 is 12.7. The predicted molar refractivity (Wildman–Crippen MR) is 192 cm³/mol. The number of hydrogen-bond acceptors (Lipinski definition) is 5. The Hall–Kier alpha value is -3.39. The van der Waals surface area contributed by atoms with Crippen LogP contribution in [0.5, 0.6) is 0 Å². The number of piperidine rings is 2. The van der Waals surface area contributed by atoms with Gasteiger partial charge in [-0.15, -0.1) is 0 Å². The summed E-state index contributed by atoms with van der Waals surface area (Å²) in [4.78, 5) is 46.2. The Balaban J connectivity index is 1.28. The molecule has 3 aromatic rings. The lowest BCUT2D eigenvalue weighted by atomic mass is 9.71. The molecule has 2 saturated heterocycles.